The lowest BCUT2D eigenvalue weighted by Gasteiger charge is -2.37. The number of benzene rings is 2. The van der Waals surface area contributed by atoms with Gasteiger partial charge in [0, 0.05) is 49.4 Å². The molecule has 3 aromatic rings. The van der Waals surface area contributed by atoms with Crippen LogP contribution in [0.2, 0.25) is 18.1 Å². The number of phenols is 1. The lowest BCUT2D eigenvalue weighted by molar-refractivity contribution is -0.134. The molecular formula is C29H40N2O4Si. The molecule has 7 heteroatoms. The van der Waals surface area contributed by atoms with E-state index in [9.17, 15) is 9.90 Å². The summed E-state index contributed by atoms with van der Waals surface area (Å²) in [5, 5.41) is 11.2. The van der Waals surface area contributed by atoms with Crippen molar-refractivity contribution in [2.75, 3.05) is 26.8 Å². The van der Waals surface area contributed by atoms with Gasteiger partial charge in [0.25, 0.3) is 0 Å². The van der Waals surface area contributed by atoms with Gasteiger partial charge in [-0.15, -0.1) is 0 Å². The second kappa shape index (κ2) is 11.9. The number of aromatic hydroxyl groups is 1. The van der Waals surface area contributed by atoms with Gasteiger partial charge in [0.1, 0.15) is 5.75 Å². The van der Waals surface area contributed by atoms with Crippen LogP contribution in [0.3, 0.4) is 0 Å². The maximum atomic E-state index is 11.4. The van der Waals surface area contributed by atoms with E-state index in [-0.39, 0.29) is 16.8 Å². The molecule has 0 saturated carbocycles. The van der Waals surface area contributed by atoms with Crippen molar-refractivity contribution < 1.29 is 19.1 Å². The summed E-state index contributed by atoms with van der Waals surface area (Å²) in [6.45, 7) is 14.6. The monoisotopic (exact) mass is 508 g/mol. The van der Waals surface area contributed by atoms with E-state index in [0.29, 0.717) is 6.61 Å². The fourth-order valence-electron chi connectivity index (χ4n) is 3.79. The first-order chi connectivity index (χ1) is 17.0. The lowest BCUT2D eigenvalue weighted by Crippen LogP contribution is -2.43. The molecule has 0 amide bonds. The molecule has 1 aromatic heterocycles. The lowest BCUT2D eigenvalue weighted by atomic mass is 10.1. The number of H-pyrrole nitrogens is 1. The molecule has 0 atom stereocenters. The van der Waals surface area contributed by atoms with Crippen LogP contribution in [0.5, 0.6) is 5.75 Å². The molecule has 0 radical (unpaired) electrons. The average Bonchev–Trinajstić information content (AvgIpc) is 3.22. The first-order valence-electron chi connectivity index (χ1n) is 12.5. The van der Waals surface area contributed by atoms with E-state index in [2.05, 4.69) is 60.6 Å². The molecule has 36 heavy (non-hydrogen) atoms. The number of methoxy groups -OCH3 is 1. The number of nitrogens with one attached hydrogen (secondary N) is 1. The number of hydrogen-bond acceptors (Lipinski definition) is 5. The van der Waals surface area contributed by atoms with Crippen LogP contribution in [0.25, 0.3) is 17.0 Å². The maximum absolute atomic E-state index is 11.4. The second-order valence-corrected chi connectivity index (χ2v) is 15.6. The minimum Gasteiger partial charge on any atom is -0.508 e. The van der Waals surface area contributed by atoms with Gasteiger partial charge >= 0.3 is 5.97 Å². The molecule has 194 valence electrons. The fourth-order valence-corrected chi connectivity index (χ4v) is 4.83. The van der Waals surface area contributed by atoms with Crippen LogP contribution in [-0.2, 0) is 26.9 Å². The maximum Gasteiger partial charge on any atom is 0.330 e. The Hall–Kier alpha value is -2.87. The van der Waals surface area contributed by atoms with E-state index in [1.54, 1.807) is 12.1 Å². The highest BCUT2D eigenvalue weighted by atomic mass is 28.4. The highest BCUT2D eigenvalue weighted by molar-refractivity contribution is 6.74. The molecule has 2 N–H and O–H groups in total. The Balaban J connectivity index is 1.70. The third kappa shape index (κ3) is 7.56. The molecule has 0 saturated heterocycles. The zero-order valence-corrected chi connectivity index (χ0v) is 23.4. The quantitative estimate of drug-likeness (QED) is 0.185. The smallest absolute Gasteiger partial charge is 0.330 e. The summed E-state index contributed by atoms with van der Waals surface area (Å²) >= 11 is 0. The van der Waals surface area contributed by atoms with Crippen LogP contribution in [0.4, 0.5) is 0 Å². The van der Waals surface area contributed by atoms with E-state index in [1.807, 2.05) is 30.5 Å². The number of hydrogen-bond donors (Lipinski definition) is 2. The Labute approximate surface area is 216 Å². The highest BCUT2D eigenvalue weighted by Gasteiger charge is 2.37. The van der Waals surface area contributed by atoms with Crippen molar-refractivity contribution in [3.8, 4) is 5.75 Å². The average molecular weight is 509 g/mol. The molecule has 0 fully saturated rings. The van der Waals surface area contributed by atoms with Gasteiger partial charge < -0.3 is 19.3 Å². The molecule has 0 spiro atoms. The van der Waals surface area contributed by atoms with Crippen molar-refractivity contribution in [3.05, 3.63) is 71.4 Å². The first kappa shape index (κ1) is 27.7. The van der Waals surface area contributed by atoms with Gasteiger partial charge in [0.15, 0.2) is 8.32 Å². The molecule has 0 bridgehead atoms. The predicted octanol–water partition coefficient (Wildman–Crippen LogP) is 6.13. The summed E-state index contributed by atoms with van der Waals surface area (Å²) in [6.07, 6.45) is 6.09. The summed E-state index contributed by atoms with van der Waals surface area (Å²) in [5.41, 5.74) is 4.38. The summed E-state index contributed by atoms with van der Waals surface area (Å²) in [4.78, 5) is 17.1. The van der Waals surface area contributed by atoms with Crippen LogP contribution in [-0.4, -0.2) is 56.1 Å². The van der Waals surface area contributed by atoms with Crippen molar-refractivity contribution in [1.29, 1.82) is 0 Å². The van der Waals surface area contributed by atoms with Crippen molar-refractivity contribution in [1.82, 2.24) is 9.88 Å². The third-order valence-electron chi connectivity index (χ3n) is 7.12. The number of nitrogens with zero attached hydrogens (tertiary/aromatic N) is 1. The zero-order valence-electron chi connectivity index (χ0n) is 22.4. The molecule has 3 rings (SSSR count). The topological polar surface area (TPSA) is 74.8 Å². The Bertz CT molecular complexity index is 1180. The summed E-state index contributed by atoms with van der Waals surface area (Å²) in [7, 11) is -0.443. The van der Waals surface area contributed by atoms with E-state index < -0.39 is 8.32 Å². The fraction of sp³-hybridized carbons (Fsp3) is 0.414. The van der Waals surface area contributed by atoms with Crippen LogP contribution in [0.15, 0.2) is 54.7 Å². The van der Waals surface area contributed by atoms with Gasteiger partial charge in [-0.3, -0.25) is 4.90 Å². The molecule has 6 nitrogen and oxygen atoms in total. The first-order valence-corrected chi connectivity index (χ1v) is 15.4. The summed E-state index contributed by atoms with van der Waals surface area (Å²) in [6, 6.07) is 13.7. The van der Waals surface area contributed by atoms with E-state index in [0.717, 1.165) is 42.5 Å². The van der Waals surface area contributed by atoms with Gasteiger partial charge in [-0.25, -0.2) is 4.79 Å². The number of aromatic amines is 1. The standard InChI is InChI=1S/C29H40N2O4Si/c1-29(2,3)36(5,6)35-18-17-31(16-15-24-20-30-27-13-12-25(32)19-26(24)27)21-23-9-7-22(8-10-23)11-14-28(33)34-4/h7-14,19-20,30,32H,15-18,21H2,1-6H3/b14-11+. The Kier molecular flexibility index (Phi) is 9.17. The van der Waals surface area contributed by atoms with Crippen molar-refractivity contribution in [2.24, 2.45) is 0 Å². The van der Waals surface area contributed by atoms with Crippen LogP contribution < -0.4 is 0 Å². The number of phenolic OH excluding ortho intramolecular Hbond substituents is 1. The van der Waals surface area contributed by atoms with Gasteiger partial charge in [-0.1, -0.05) is 45.0 Å². The molecule has 2 aromatic carbocycles. The van der Waals surface area contributed by atoms with Crippen LogP contribution in [0, 0.1) is 0 Å². The molecule has 0 aliphatic rings. The van der Waals surface area contributed by atoms with Gasteiger partial charge in [0.05, 0.1) is 7.11 Å². The molecule has 0 aliphatic heterocycles. The normalized spacial score (nSPS) is 12.6. The Morgan fingerprint density at radius 1 is 1.11 bits per heavy atom. The van der Waals surface area contributed by atoms with Crippen molar-refractivity contribution in [3.63, 3.8) is 0 Å². The summed E-state index contributed by atoms with van der Waals surface area (Å²) in [5.74, 6) is -0.0816. The highest BCUT2D eigenvalue weighted by Crippen LogP contribution is 2.36. The predicted molar refractivity (Wildman–Crippen MR) is 150 cm³/mol. The van der Waals surface area contributed by atoms with Gasteiger partial charge in [0.2, 0.25) is 0 Å². The number of aromatic nitrogens is 1. The largest absolute Gasteiger partial charge is 0.508 e. The van der Waals surface area contributed by atoms with Gasteiger partial charge in [-0.2, -0.15) is 0 Å². The minimum absolute atomic E-state index is 0.178. The van der Waals surface area contributed by atoms with E-state index >= 15 is 0 Å². The molecule has 1 heterocycles. The SMILES string of the molecule is COC(=O)/C=C/c1ccc(CN(CCO[Si](C)(C)C(C)(C)C)CCc2c[nH]c3ccc(O)cc23)cc1. The minimum atomic E-state index is -1.82. The number of ether oxygens (including phenoxy) is 1. The Morgan fingerprint density at radius 2 is 1.83 bits per heavy atom. The zero-order chi connectivity index (χ0) is 26.3. The van der Waals surface area contributed by atoms with Crippen molar-refractivity contribution >= 4 is 31.3 Å². The molecule has 0 aliphatic carbocycles. The summed E-state index contributed by atoms with van der Waals surface area (Å²) < 4.78 is 11.1. The molecular weight excluding hydrogens is 468 g/mol. The van der Waals surface area contributed by atoms with Crippen LogP contribution in [0.1, 0.15) is 37.5 Å². The molecule has 0 unspecified atom stereocenters. The number of carbonyl (C=O) groups is 1. The third-order valence-corrected chi connectivity index (χ3v) is 11.7. The number of carbonyl (C=O) groups excluding carboxylic acids is 1. The second-order valence-electron chi connectivity index (χ2n) is 10.8. The Morgan fingerprint density at radius 3 is 2.50 bits per heavy atom. The van der Waals surface area contributed by atoms with Crippen molar-refractivity contribution in [2.45, 2.75) is 51.9 Å². The van der Waals surface area contributed by atoms with Gasteiger partial charge in [-0.05, 0) is 65.5 Å². The van der Waals surface area contributed by atoms with Crippen LogP contribution >= 0.6 is 0 Å². The van der Waals surface area contributed by atoms with E-state index in [1.165, 1.54) is 24.3 Å². The number of esters is 1. The number of fused-ring (bicyclic) bond motifs is 1. The number of rotatable bonds is 11. The van der Waals surface area contributed by atoms with E-state index in [4.69, 9.17) is 4.43 Å².